The maximum absolute atomic E-state index is 13.4. The van der Waals surface area contributed by atoms with E-state index < -0.39 is 22.4 Å². The summed E-state index contributed by atoms with van der Waals surface area (Å²) in [7, 11) is -2.90. The summed E-state index contributed by atoms with van der Waals surface area (Å²) >= 11 is 7.51. The first-order chi connectivity index (χ1) is 17.7. The molecule has 5 rings (SSSR count). The van der Waals surface area contributed by atoms with Crippen LogP contribution in [0.25, 0.3) is 10.9 Å². The zero-order valence-corrected chi connectivity index (χ0v) is 22.1. The first-order valence-corrected chi connectivity index (χ1v) is 14.1. The molecule has 1 aliphatic carbocycles. The predicted octanol–water partition coefficient (Wildman–Crippen LogP) is 3.21. The maximum atomic E-state index is 13.4. The minimum atomic E-state index is -3.95. The fraction of sp³-hybridized carbons (Fsp3) is 0.292. The number of nitrogens with zero attached hydrogens (tertiary/aromatic N) is 3. The lowest BCUT2D eigenvalue weighted by Crippen LogP contribution is -2.40. The van der Waals surface area contributed by atoms with Gasteiger partial charge in [0.15, 0.2) is 0 Å². The van der Waals surface area contributed by atoms with E-state index in [1.807, 2.05) is 41.9 Å². The number of ketones is 1. The van der Waals surface area contributed by atoms with Gasteiger partial charge < -0.3 is 15.0 Å². The number of carbonyl (C=O) groups excluding carboxylic acids is 1. The number of fused-ring (bicyclic) bond motifs is 1. The number of aromatic nitrogens is 3. The van der Waals surface area contributed by atoms with Crippen LogP contribution in [0, 0.1) is 0 Å². The lowest BCUT2D eigenvalue weighted by molar-refractivity contribution is 0.104. The lowest BCUT2D eigenvalue weighted by atomic mass is 10.1. The third-order valence-electron chi connectivity index (χ3n) is 6.31. The van der Waals surface area contributed by atoms with Crippen molar-refractivity contribution >= 4 is 55.7 Å². The van der Waals surface area contributed by atoms with Gasteiger partial charge >= 0.3 is 10.3 Å². The standard InChI is InChI=1S/C24H24ClN5O5S2/c1-35-37(33,34)29-19-8-17(9-21(19)31)28-24-18(10-26-13-27-24)23(32)22-6-14(12-36-22)11-30-5-4-15-2-3-16(25)7-20(15)30/h2-7,10,12-13,17,19,21,29,31H,8-9,11H2,1H3,(H,26,27,28)/t17-,19-,21+/m1/s1. The van der Waals surface area contributed by atoms with Gasteiger partial charge in [0.1, 0.15) is 12.1 Å². The smallest absolute Gasteiger partial charge is 0.335 e. The number of anilines is 1. The van der Waals surface area contributed by atoms with E-state index in [9.17, 15) is 18.3 Å². The van der Waals surface area contributed by atoms with E-state index in [0.717, 1.165) is 23.6 Å². The lowest BCUT2D eigenvalue weighted by Gasteiger charge is -2.16. The topological polar surface area (TPSA) is 135 Å². The highest BCUT2D eigenvalue weighted by Crippen LogP contribution is 2.28. The van der Waals surface area contributed by atoms with E-state index >= 15 is 0 Å². The van der Waals surface area contributed by atoms with E-state index in [1.165, 1.54) is 23.9 Å². The molecule has 4 aromatic rings. The Labute approximate surface area is 222 Å². The Morgan fingerprint density at radius 1 is 1.30 bits per heavy atom. The van der Waals surface area contributed by atoms with Crippen LogP contribution < -0.4 is 10.0 Å². The number of hydrogen-bond donors (Lipinski definition) is 3. The molecule has 13 heteroatoms. The normalized spacial score (nSPS) is 19.9. The fourth-order valence-electron chi connectivity index (χ4n) is 4.50. The number of rotatable bonds is 9. The van der Waals surface area contributed by atoms with Gasteiger partial charge in [-0.05, 0) is 53.4 Å². The molecule has 194 valence electrons. The molecule has 0 radical (unpaired) electrons. The summed E-state index contributed by atoms with van der Waals surface area (Å²) in [5, 5.41) is 17.2. The molecular formula is C24H24ClN5O5S2. The predicted molar refractivity (Wildman–Crippen MR) is 141 cm³/mol. The summed E-state index contributed by atoms with van der Waals surface area (Å²) in [6, 6.07) is 8.59. The average Bonchev–Trinajstić information content (AvgIpc) is 3.59. The van der Waals surface area contributed by atoms with E-state index in [0.29, 0.717) is 34.2 Å². The molecule has 0 spiro atoms. The molecule has 3 heterocycles. The van der Waals surface area contributed by atoms with E-state index in [4.69, 9.17) is 11.6 Å². The van der Waals surface area contributed by atoms with Gasteiger partial charge in [-0.2, -0.15) is 13.1 Å². The Morgan fingerprint density at radius 3 is 2.95 bits per heavy atom. The highest BCUT2D eigenvalue weighted by molar-refractivity contribution is 7.84. The Morgan fingerprint density at radius 2 is 2.14 bits per heavy atom. The van der Waals surface area contributed by atoms with Crippen LogP contribution >= 0.6 is 22.9 Å². The van der Waals surface area contributed by atoms with E-state index in [2.05, 4.69) is 28.8 Å². The first-order valence-electron chi connectivity index (χ1n) is 11.4. The highest BCUT2D eigenvalue weighted by atomic mass is 35.5. The van der Waals surface area contributed by atoms with Gasteiger partial charge in [-0.25, -0.2) is 9.97 Å². The van der Waals surface area contributed by atoms with Crippen molar-refractivity contribution in [2.24, 2.45) is 0 Å². The largest absolute Gasteiger partial charge is 0.391 e. The summed E-state index contributed by atoms with van der Waals surface area (Å²) < 4.78 is 32.2. The second-order valence-electron chi connectivity index (χ2n) is 8.81. The minimum Gasteiger partial charge on any atom is -0.391 e. The molecule has 1 aromatic carbocycles. The van der Waals surface area contributed by atoms with Crippen molar-refractivity contribution < 1.29 is 22.5 Å². The Bertz CT molecular complexity index is 1550. The molecular weight excluding hydrogens is 538 g/mol. The number of thiophene rings is 1. The fourth-order valence-corrected chi connectivity index (χ4v) is 6.24. The molecule has 1 aliphatic rings. The molecule has 10 nitrogen and oxygen atoms in total. The van der Waals surface area contributed by atoms with Crippen LogP contribution in [0.15, 0.2) is 54.4 Å². The summed E-state index contributed by atoms with van der Waals surface area (Å²) in [6.45, 7) is 0.586. The molecule has 0 amide bonds. The van der Waals surface area contributed by atoms with Crippen LogP contribution in [0.5, 0.6) is 0 Å². The number of halogens is 1. The molecule has 1 fully saturated rings. The quantitative estimate of drug-likeness (QED) is 0.265. The van der Waals surface area contributed by atoms with E-state index in [-0.39, 0.29) is 18.2 Å². The van der Waals surface area contributed by atoms with Crippen molar-refractivity contribution in [2.45, 2.75) is 37.6 Å². The van der Waals surface area contributed by atoms with Gasteiger partial charge in [0.25, 0.3) is 0 Å². The second-order valence-corrected chi connectivity index (χ2v) is 11.6. The van der Waals surface area contributed by atoms with Crippen molar-refractivity contribution in [2.75, 3.05) is 12.4 Å². The number of benzene rings is 1. The summed E-state index contributed by atoms with van der Waals surface area (Å²) in [5.74, 6) is 0.100. The Hall–Kier alpha value is -2.87. The molecule has 3 N–H and O–H groups in total. The van der Waals surface area contributed by atoms with E-state index in [1.54, 1.807) is 0 Å². The molecule has 0 unspecified atom stereocenters. The number of nitrogens with one attached hydrogen (secondary N) is 2. The average molecular weight is 562 g/mol. The number of aliphatic hydroxyl groups is 1. The van der Waals surface area contributed by atoms with Crippen molar-refractivity contribution in [3.8, 4) is 0 Å². The van der Waals surface area contributed by atoms with Crippen molar-refractivity contribution in [3.05, 3.63) is 75.5 Å². The van der Waals surface area contributed by atoms with Crippen molar-refractivity contribution in [1.82, 2.24) is 19.3 Å². The first kappa shape index (κ1) is 25.8. The molecule has 0 saturated heterocycles. The monoisotopic (exact) mass is 561 g/mol. The van der Waals surface area contributed by atoms with Gasteiger partial charge in [-0.1, -0.05) is 17.7 Å². The van der Waals surface area contributed by atoms with Crippen LogP contribution in [0.3, 0.4) is 0 Å². The third-order valence-corrected chi connectivity index (χ3v) is 8.55. The second kappa shape index (κ2) is 10.5. The van der Waals surface area contributed by atoms with Gasteiger partial charge in [0.2, 0.25) is 5.78 Å². The van der Waals surface area contributed by atoms with Crippen LogP contribution in [-0.2, 0) is 21.0 Å². The van der Waals surface area contributed by atoms with Crippen LogP contribution in [0.2, 0.25) is 5.02 Å². The SMILES string of the molecule is COS(=O)(=O)N[C@@H]1C[C@@H](Nc2ncncc2C(=O)c2cc(Cn3ccc4ccc(Cl)cc43)cs2)C[C@@H]1O. The molecule has 0 aliphatic heterocycles. The van der Waals surface area contributed by atoms with Crippen LogP contribution in [-0.4, -0.2) is 59.1 Å². The number of hydrogen-bond acceptors (Lipinski definition) is 9. The zero-order valence-electron chi connectivity index (χ0n) is 19.7. The zero-order chi connectivity index (χ0) is 26.2. The summed E-state index contributed by atoms with van der Waals surface area (Å²) in [4.78, 5) is 22.2. The molecule has 3 aromatic heterocycles. The van der Waals surface area contributed by atoms with Gasteiger partial charge in [0, 0.05) is 35.5 Å². The van der Waals surface area contributed by atoms with Crippen molar-refractivity contribution in [3.63, 3.8) is 0 Å². The minimum absolute atomic E-state index is 0.227. The van der Waals surface area contributed by atoms with Crippen LogP contribution in [0.1, 0.15) is 33.6 Å². The number of aliphatic hydroxyl groups excluding tert-OH is 1. The molecule has 37 heavy (non-hydrogen) atoms. The number of carbonyl (C=O) groups is 1. The van der Waals surface area contributed by atoms with Gasteiger partial charge in [-0.15, -0.1) is 11.3 Å². The summed E-state index contributed by atoms with van der Waals surface area (Å²) in [6.07, 6.45) is 4.42. The molecule has 1 saturated carbocycles. The maximum Gasteiger partial charge on any atom is 0.335 e. The third kappa shape index (κ3) is 5.69. The Balaban J connectivity index is 1.30. The molecule has 3 atom stereocenters. The molecule has 0 bridgehead atoms. The highest BCUT2D eigenvalue weighted by Gasteiger charge is 2.36. The summed E-state index contributed by atoms with van der Waals surface area (Å²) in [5.41, 5.74) is 2.29. The van der Waals surface area contributed by atoms with Gasteiger partial charge in [-0.3, -0.25) is 8.98 Å². The van der Waals surface area contributed by atoms with Gasteiger partial charge in [0.05, 0.1) is 29.7 Å². The van der Waals surface area contributed by atoms with Crippen LogP contribution in [0.4, 0.5) is 5.82 Å². The Kier molecular flexibility index (Phi) is 7.30. The van der Waals surface area contributed by atoms with Crippen molar-refractivity contribution in [1.29, 1.82) is 0 Å².